The molecule has 0 saturated carbocycles. The summed E-state index contributed by atoms with van der Waals surface area (Å²) in [6, 6.07) is 9.86. The maximum Gasteiger partial charge on any atom is 0.270 e. The molecular weight excluding hydrogens is 330 g/mol. The zero-order chi connectivity index (χ0) is 16.3. The number of nitro benzene ring substituents is 1. The Labute approximate surface area is 132 Å². The summed E-state index contributed by atoms with van der Waals surface area (Å²) in [6.07, 6.45) is 0. The summed E-state index contributed by atoms with van der Waals surface area (Å²) in [5.41, 5.74) is 0.112. The van der Waals surface area contributed by atoms with E-state index in [4.69, 9.17) is 11.6 Å². The average molecular weight is 342 g/mol. The molecule has 0 spiro atoms. The number of anilines is 2. The molecule has 0 aliphatic heterocycles. The molecule has 2 rings (SSSR count). The summed E-state index contributed by atoms with van der Waals surface area (Å²) < 4.78 is 27.3. The highest BCUT2D eigenvalue weighted by molar-refractivity contribution is 7.93. The van der Waals surface area contributed by atoms with E-state index in [0.29, 0.717) is 0 Å². The van der Waals surface area contributed by atoms with Crippen LogP contribution in [-0.2, 0) is 10.0 Å². The number of nitrogens with one attached hydrogen (secondary N) is 2. The Morgan fingerprint density at radius 2 is 1.82 bits per heavy atom. The lowest BCUT2D eigenvalue weighted by Gasteiger charge is -2.12. The fraction of sp³-hybridized carbons (Fsp3) is 0.0769. The fourth-order valence-electron chi connectivity index (χ4n) is 1.80. The van der Waals surface area contributed by atoms with Crippen LogP contribution in [0.25, 0.3) is 0 Å². The van der Waals surface area contributed by atoms with Gasteiger partial charge in [-0.15, -0.1) is 0 Å². The minimum atomic E-state index is -4.04. The van der Waals surface area contributed by atoms with Gasteiger partial charge in [-0.2, -0.15) is 0 Å². The standard InChI is InChI=1S/C13H12ClN3O4S/c1-15-12-7-6-9(17(18)19)8-13(12)22(20,21)16-11-5-3-2-4-10(11)14/h2-8,15-16H,1H3. The molecule has 0 aromatic heterocycles. The Kier molecular flexibility index (Phi) is 4.53. The van der Waals surface area contributed by atoms with E-state index >= 15 is 0 Å². The number of hydrogen-bond donors (Lipinski definition) is 2. The molecule has 7 nitrogen and oxygen atoms in total. The molecule has 0 fully saturated rings. The van der Waals surface area contributed by atoms with Gasteiger partial charge >= 0.3 is 0 Å². The first-order valence-corrected chi connectivity index (χ1v) is 7.95. The molecule has 2 aromatic rings. The Morgan fingerprint density at radius 1 is 1.14 bits per heavy atom. The number of rotatable bonds is 5. The third-order valence-corrected chi connectivity index (χ3v) is 4.59. The van der Waals surface area contributed by atoms with Crippen molar-refractivity contribution >= 4 is 38.7 Å². The SMILES string of the molecule is CNc1ccc([N+](=O)[O-])cc1S(=O)(=O)Nc1ccccc1Cl. The third-order valence-electron chi connectivity index (χ3n) is 2.85. The van der Waals surface area contributed by atoms with Crippen molar-refractivity contribution in [3.05, 3.63) is 57.6 Å². The summed E-state index contributed by atoms with van der Waals surface area (Å²) in [4.78, 5) is 9.95. The number of sulfonamides is 1. The van der Waals surface area contributed by atoms with Crippen LogP contribution in [0.5, 0.6) is 0 Å². The van der Waals surface area contributed by atoms with Crippen molar-refractivity contribution in [1.82, 2.24) is 0 Å². The number of para-hydroxylation sites is 1. The van der Waals surface area contributed by atoms with Crippen LogP contribution in [0.4, 0.5) is 17.1 Å². The van der Waals surface area contributed by atoms with E-state index in [-0.39, 0.29) is 27.0 Å². The molecule has 0 radical (unpaired) electrons. The predicted octanol–water partition coefficient (Wildman–Crippen LogP) is 3.09. The number of nitrogens with zero attached hydrogens (tertiary/aromatic N) is 1. The highest BCUT2D eigenvalue weighted by Gasteiger charge is 2.22. The summed E-state index contributed by atoms with van der Waals surface area (Å²) in [7, 11) is -2.51. The van der Waals surface area contributed by atoms with Crippen LogP contribution in [-0.4, -0.2) is 20.4 Å². The van der Waals surface area contributed by atoms with Gasteiger partial charge in [0.1, 0.15) is 4.90 Å². The second-order valence-corrected chi connectivity index (χ2v) is 6.33. The molecule has 2 N–H and O–H groups in total. The second kappa shape index (κ2) is 6.20. The van der Waals surface area contributed by atoms with E-state index in [1.54, 1.807) is 12.1 Å². The van der Waals surface area contributed by atoms with Gasteiger partial charge in [0.25, 0.3) is 15.7 Å². The van der Waals surface area contributed by atoms with Gasteiger partial charge in [-0.25, -0.2) is 8.42 Å². The lowest BCUT2D eigenvalue weighted by atomic mass is 10.3. The number of hydrogen-bond acceptors (Lipinski definition) is 5. The van der Waals surface area contributed by atoms with E-state index in [9.17, 15) is 18.5 Å². The van der Waals surface area contributed by atoms with Crippen LogP contribution in [0, 0.1) is 10.1 Å². The predicted molar refractivity (Wildman–Crippen MR) is 84.9 cm³/mol. The van der Waals surface area contributed by atoms with Crippen LogP contribution < -0.4 is 10.0 Å². The first-order valence-electron chi connectivity index (χ1n) is 6.08. The van der Waals surface area contributed by atoms with Gasteiger partial charge in [0.15, 0.2) is 0 Å². The van der Waals surface area contributed by atoms with E-state index in [0.717, 1.165) is 6.07 Å². The maximum absolute atomic E-state index is 12.5. The van der Waals surface area contributed by atoms with Crippen molar-refractivity contribution < 1.29 is 13.3 Å². The Morgan fingerprint density at radius 3 is 2.41 bits per heavy atom. The quantitative estimate of drug-likeness (QED) is 0.642. The van der Waals surface area contributed by atoms with Gasteiger partial charge in [0, 0.05) is 19.2 Å². The molecular formula is C13H12ClN3O4S. The molecule has 0 aliphatic rings. The van der Waals surface area contributed by atoms with Gasteiger partial charge < -0.3 is 5.32 Å². The van der Waals surface area contributed by atoms with Crippen LogP contribution in [0.15, 0.2) is 47.4 Å². The average Bonchev–Trinajstić information content (AvgIpc) is 2.48. The lowest BCUT2D eigenvalue weighted by Crippen LogP contribution is -2.15. The number of halogens is 1. The minimum absolute atomic E-state index is 0.192. The topological polar surface area (TPSA) is 101 Å². The Bertz CT molecular complexity index is 824. The van der Waals surface area contributed by atoms with Gasteiger partial charge in [-0.3, -0.25) is 14.8 Å². The van der Waals surface area contributed by atoms with Gasteiger partial charge in [-0.1, -0.05) is 23.7 Å². The Hall–Kier alpha value is -2.32. The summed E-state index contributed by atoms with van der Waals surface area (Å²) in [6.45, 7) is 0. The summed E-state index contributed by atoms with van der Waals surface area (Å²) in [5.74, 6) is 0. The smallest absolute Gasteiger partial charge is 0.270 e. The highest BCUT2D eigenvalue weighted by atomic mass is 35.5. The van der Waals surface area contributed by atoms with E-state index < -0.39 is 14.9 Å². The lowest BCUT2D eigenvalue weighted by molar-refractivity contribution is -0.385. The molecule has 0 saturated heterocycles. The van der Waals surface area contributed by atoms with Crippen molar-refractivity contribution in [2.24, 2.45) is 0 Å². The van der Waals surface area contributed by atoms with Crippen LogP contribution >= 0.6 is 11.6 Å². The number of nitro groups is 1. The van der Waals surface area contributed by atoms with Crippen molar-refractivity contribution in [3.63, 3.8) is 0 Å². The fourth-order valence-corrected chi connectivity index (χ4v) is 3.35. The summed E-state index contributed by atoms with van der Waals surface area (Å²) >= 11 is 5.92. The molecule has 116 valence electrons. The number of benzene rings is 2. The first kappa shape index (κ1) is 16.1. The second-order valence-electron chi connectivity index (χ2n) is 4.27. The Balaban J connectivity index is 2.51. The third kappa shape index (κ3) is 3.29. The molecule has 0 bridgehead atoms. The molecule has 0 aliphatic carbocycles. The molecule has 0 amide bonds. The van der Waals surface area contributed by atoms with Crippen molar-refractivity contribution in [1.29, 1.82) is 0 Å². The van der Waals surface area contributed by atoms with Crippen molar-refractivity contribution in [2.45, 2.75) is 4.90 Å². The van der Waals surface area contributed by atoms with Crippen LogP contribution in [0.3, 0.4) is 0 Å². The van der Waals surface area contributed by atoms with Crippen LogP contribution in [0.1, 0.15) is 0 Å². The maximum atomic E-state index is 12.5. The largest absolute Gasteiger partial charge is 0.387 e. The molecule has 22 heavy (non-hydrogen) atoms. The molecule has 0 heterocycles. The zero-order valence-electron chi connectivity index (χ0n) is 11.4. The first-order chi connectivity index (χ1) is 10.3. The van der Waals surface area contributed by atoms with E-state index in [1.165, 1.54) is 31.3 Å². The molecule has 2 aromatic carbocycles. The zero-order valence-corrected chi connectivity index (χ0v) is 13.0. The molecule has 9 heteroatoms. The minimum Gasteiger partial charge on any atom is -0.387 e. The summed E-state index contributed by atoms with van der Waals surface area (Å²) in [5, 5.41) is 13.8. The monoisotopic (exact) mass is 341 g/mol. The number of non-ortho nitro benzene ring substituents is 1. The normalized spacial score (nSPS) is 11.0. The van der Waals surface area contributed by atoms with Gasteiger partial charge in [0.05, 0.1) is 21.3 Å². The van der Waals surface area contributed by atoms with Crippen molar-refractivity contribution in [2.75, 3.05) is 17.1 Å². The van der Waals surface area contributed by atoms with Crippen molar-refractivity contribution in [3.8, 4) is 0 Å². The van der Waals surface area contributed by atoms with Crippen LogP contribution in [0.2, 0.25) is 5.02 Å². The van der Waals surface area contributed by atoms with E-state index in [2.05, 4.69) is 10.0 Å². The highest BCUT2D eigenvalue weighted by Crippen LogP contribution is 2.29. The molecule has 0 atom stereocenters. The van der Waals surface area contributed by atoms with E-state index in [1.807, 2.05) is 0 Å². The molecule has 0 unspecified atom stereocenters. The van der Waals surface area contributed by atoms with Gasteiger partial charge in [-0.05, 0) is 18.2 Å². The van der Waals surface area contributed by atoms with Gasteiger partial charge in [0.2, 0.25) is 0 Å².